The van der Waals surface area contributed by atoms with Gasteiger partial charge in [-0.25, -0.2) is 0 Å². The lowest BCUT2D eigenvalue weighted by Crippen LogP contribution is -2.58. The van der Waals surface area contributed by atoms with Crippen molar-refractivity contribution in [3.63, 3.8) is 0 Å². The maximum atomic E-state index is 11.6. The number of hydrogen-bond donors (Lipinski definition) is 1. The van der Waals surface area contributed by atoms with E-state index in [1.54, 1.807) is 7.05 Å². The third kappa shape index (κ3) is 2.95. The van der Waals surface area contributed by atoms with Gasteiger partial charge in [-0.1, -0.05) is 0 Å². The van der Waals surface area contributed by atoms with Crippen LogP contribution in [0, 0.1) is 0 Å². The van der Waals surface area contributed by atoms with Crippen molar-refractivity contribution in [2.45, 2.75) is 45.8 Å². The average molecular weight is 227 g/mol. The molecule has 1 rings (SSSR count). The first-order valence-electron chi connectivity index (χ1n) is 6.18. The van der Waals surface area contributed by atoms with Crippen LogP contribution in [0.1, 0.15) is 27.7 Å². The summed E-state index contributed by atoms with van der Waals surface area (Å²) in [5.41, 5.74) is 0. The molecule has 0 spiro atoms. The first kappa shape index (κ1) is 13.5. The highest BCUT2D eigenvalue weighted by Gasteiger charge is 2.30. The van der Waals surface area contributed by atoms with Crippen LogP contribution in [0.5, 0.6) is 0 Å². The van der Waals surface area contributed by atoms with Crippen LogP contribution >= 0.6 is 0 Å². The quantitative estimate of drug-likeness (QED) is 0.764. The Morgan fingerprint density at radius 3 is 2.38 bits per heavy atom. The zero-order chi connectivity index (χ0) is 12.3. The van der Waals surface area contributed by atoms with Gasteiger partial charge in [0, 0.05) is 38.8 Å². The highest BCUT2D eigenvalue weighted by Crippen LogP contribution is 2.15. The first-order chi connectivity index (χ1) is 7.47. The summed E-state index contributed by atoms with van der Waals surface area (Å²) in [6, 6.07) is 1.03. The summed E-state index contributed by atoms with van der Waals surface area (Å²) < 4.78 is 0. The van der Waals surface area contributed by atoms with E-state index in [1.807, 2.05) is 6.92 Å². The van der Waals surface area contributed by atoms with Crippen LogP contribution < -0.4 is 5.32 Å². The van der Waals surface area contributed by atoms with Crippen molar-refractivity contribution in [2.75, 3.05) is 26.7 Å². The molecule has 1 aliphatic rings. The zero-order valence-electron chi connectivity index (χ0n) is 11.2. The molecule has 1 fully saturated rings. The number of rotatable bonds is 3. The molecule has 0 bridgehead atoms. The Hall–Kier alpha value is -0.610. The Balaban J connectivity index is 2.56. The van der Waals surface area contributed by atoms with Gasteiger partial charge in [0.25, 0.3) is 0 Å². The Labute approximate surface area is 99.0 Å². The van der Waals surface area contributed by atoms with E-state index in [0.717, 1.165) is 19.6 Å². The van der Waals surface area contributed by atoms with E-state index in [0.29, 0.717) is 12.1 Å². The molecule has 1 unspecified atom stereocenters. The minimum Gasteiger partial charge on any atom is -0.358 e. The monoisotopic (exact) mass is 227 g/mol. The summed E-state index contributed by atoms with van der Waals surface area (Å²) in [4.78, 5) is 16.4. The largest absolute Gasteiger partial charge is 0.358 e. The third-order valence-corrected chi connectivity index (χ3v) is 3.56. The standard InChI is InChI=1S/C12H25N3O/c1-9(2)14-6-7-15(10(3)8-14)11(4)12(16)13-5/h9-11H,6-8H2,1-5H3,(H,13,16)/t10-,11?/m1/s1. The highest BCUT2D eigenvalue weighted by molar-refractivity contribution is 5.81. The number of piperazine rings is 1. The Bertz CT molecular complexity index is 242. The van der Waals surface area contributed by atoms with E-state index < -0.39 is 0 Å². The van der Waals surface area contributed by atoms with Crippen LogP contribution in [0.4, 0.5) is 0 Å². The molecule has 1 saturated heterocycles. The molecule has 1 amide bonds. The summed E-state index contributed by atoms with van der Waals surface area (Å²) in [5, 5.41) is 2.72. The minimum absolute atomic E-state index is 0.0192. The Kier molecular flexibility index (Phi) is 4.74. The van der Waals surface area contributed by atoms with Crippen molar-refractivity contribution >= 4 is 5.91 Å². The second-order valence-corrected chi connectivity index (χ2v) is 4.97. The number of likely N-dealkylation sites (N-methyl/N-ethyl adjacent to an activating group) is 1. The van der Waals surface area contributed by atoms with Gasteiger partial charge < -0.3 is 5.32 Å². The first-order valence-corrected chi connectivity index (χ1v) is 6.18. The maximum Gasteiger partial charge on any atom is 0.236 e. The molecule has 0 saturated carbocycles. The molecule has 16 heavy (non-hydrogen) atoms. The molecule has 0 aliphatic carbocycles. The second-order valence-electron chi connectivity index (χ2n) is 4.97. The smallest absolute Gasteiger partial charge is 0.236 e. The predicted molar refractivity (Wildman–Crippen MR) is 66.4 cm³/mol. The molecule has 1 heterocycles. The summed E-state index contributed by atoms with van der Waals surface area (Å²) in [6.45, 7) is 11.7. The lowest BCUT2D eigenvalue weighted by molar-refractivity contribution is -0.127. The van der Waals surface area contributed by atoms with E-state index in [1.165, 1.54) is 0 Å². The lowest BCUT2D eigenvalue weighted by atomic mass is 10.1. The van der Waals surface area contributed by atoms with Crippen LogP contribution in [0.3, 0.4) is 0 Å². The SMILES string of the molecule is CNC(=O)C(C)N1CCN(C(C)C)C[C@H]1C. The van der Waals surface area contributed by atoms with Crippen molar-refractivity contribution in [1.82, 2.24) is 15.1 Å². The normalized spacial score (nSPS) is 25.8. The van der Waals surface area contributed by atoms with Crippen molar-refractivity contribution in [1.29, 1.82) is 0 Å². The maximum absolute atomic E-state index is 11.6. The van der Waals surface area contributed by atoms with E-state index in [4.69, 9.17) is 0 Å². The molecule has 0 aromatic heterocycles. The van der Waals surface area contributed by atoms with Gasteiger partial charge in [0.2, 0.25) is 5.91 Å². The van der Waals surface area contributed by atoms with Crippen LogP contribution in [0.15, 0.2) is 0 Å². The van der Waals surface area contributed by atoms with Gasteiger partial charge >= 0.3 is 0 Å². The molecule has 1 N–H and O–H groups in total. The van der Waals surface area contributed by atoms with E-state index in [2.05, 4.69) is 35.9 Å². The zero-order valence-corrected chi connectivity index (χ0v) is 11.2. The van der Waals surface area contributed by atoms with Gasteiger partial charge in [-0.2, -0.15) is 0 Å². The van der Waals surface area contributed by atoms with Crippen molar-refractivity contribution in [3.05, 3.63) is 0 Å². The minimum atomic E-state index is -0.0192. The molecule has 0 aromatic rings. The van der Waals surface area contributed by atoms with E-state index in [-0.39, 0.29) is 11.9 Å². The number of nitrogens with one attached hydrogen (secondary N) is 1. The summed E-state index contributed by atoms with van der Waals surface area (Å²) in [6.07, 6.45) is 0. The number of hydrogen-bond acceptors (Lipinski definition) is 3. The predicted octanol–water partition coefficient (Wildman–Crippen LogP) is 0.535. The molecular weight excluding hydrogens is 202 g/mol. The topological polar surface area (TPSA) is 35.6 Å². The van der Waals surface area contributed by atoms with Gasteiger partial charge in [-0.05, 0) is 27.7 Å². The Morgan fingerprint density at radius 1 is 1.31 bits per heavy atom. The number of carbonyl (C=O) groups excluding carboxylic acids is 1. The summed E-state index contributed by atoms with van der Waals surface area (Å²) >= 11 is 0. The van der Waals surface area contributed by atoms with Crippen LogP contribution in [-0.2, 0) is 4.79 Å². The average Bonchev–Trinajstić information content (AvgIpc) is 2.26. The fourth-order valence-electron chi connectivity index (χ4n) is 2.40. The van der Waals surface area contributed by atoms with Gasteiger partial charge in [-0.15, -0.1) is 0 Å². The van der Waals surface area contributed by atoms with Gasteiger partial charge in [0.15, 0.2) is 0 Å². The molecule has 0 aromatic carbocycles. The number of amides is 1. The second kappa shape index (κ2) is 5.64. The molecule has 4 heteroatoms. The van der Waals surface area contributed by atoms with Crippen LogP contribution in [0.2, 0.25) is 0 Å². The van der Waals surface area contributed by atoms with E-state index in [9.17, 15) is 4.79 Å². The van der Waals surface area contributed by atoms with E-state index >= 15 is 0 Å². The summed E-state index contributed by atoms with van der Waals surface area (Å²) in [7, 11) is 1.70. The van der Waals surface area contributed by atoms with Crippen molar-refractivity contribution in [3.8, 4) is 0 Å². The van der Waals surface area contributed by atoms with Crippen molar-refractivity contribution < 1.29 is 4.79 Å². The van der Waals surface area contributed by atoms with Gasteiger partial charge in [0.05, 0.1) is 6.04 Å². The van der Waals surface area contributed by atoms with Gasteiger partial charge in [0.1, 0.15) is 0 Å². The molecule has 1 aliphatic heterocycles. The highest BCUT2D eigenvalue weighted by atomic mass is 16.2. The lowest BCUT2D eigenvalue weighted by Gasteiger charge is -2.43. The summed E-state index contributed by atoms with van der Waals surface area (Å²) in [5.74, 6) is 0.116. The number of carbonyl (C=O) groups is 1. The van der Waals surface area contributed by atoms with Crippen molar-refractivity contribution in [2.24, 2.45) is 0 Å². The molecule has 0 radical (unpaired) electrons. The number of nitrogens with zero attached hydrogens (tertiary/aromatic N) is 2. The molecule has 4 nitrogen and oxygen atoms in total. The Morgan fingerprint density at radius 2 is 1.94 bits per heavy atom. The molecule has 2 atom stereocenters. The fourth-order valence-corrected chi connectivity index (χ4v) is 2.40. The molecular formula is C12H25N3O. The third-order valence-electron chi connectivity index (χ3n) is 3.56. The van der Waals surface area contributed by atoms with Gasteiger partial charge in [-0.3, -0.25) is 14.6 Å². The molecule has 94 valence electrons. The van der Waals surface area contributed by atoms with Crippen LogP contribution in [-0.4, -0.2) is 60.5 Å². The van der Waals surface area contributed by atoms with Crippen LogP contribution in [0.25, 0.3) is 0 Å². The fraction of sp³-hybridized carbons (Fsp3) is 0.917.